The predicted molar refractivity (Wildman–Crippen MR) is 82.4 cm³/mol. The first kappa shape index (κ1) is 20.0. The Hall–Kier alpha value is -2.08. The molecule has 130 valence electrons. The van der Waals surface area contributed by atoms with Gasteiger partial charge in [0.15, 0.2) is 0 Å². The maximum atomic E-state index is 8.52. The smallest absolute Gasteiger partial charge is 0.0311 e. The van der Waals surface area contributed by atoms with Crippen molar-refractivity contribution < 1.29 is 35.0 Å². The van der Waals surface area contributed by atoms with E-state index in [1.807, 2.05) is 0 Å². The van der Waals surface area contributed by atoms with Gasteiger partial charge in [-0.3, -0.25) is 16.8 Å². The van der Waals surface area contributed by atoms with Crippen molar-refractivity contribution in [3.63, 3.8) is 0 Å². The lowest BCUT2D eigenvalue weighted by Gasteiger charge is -2.06. The Balaban J connectivity index is 0.000000243. The van der Waals surface area contributed by atoms with Gasteiger partial charge in [-0.05, 0) is 21.5 Å². The van der Waals surface area contributed by atoms with Gasteiger partial charge < -0.3 is 18.2 Å². The van der Waals surface area contributed by atoms with Crippen molar-refractivity contribution in [2.24, 2.45) is 0 Å². The Kier molecular flexibility index (Phi) is 6.78. The van der Waals surface area contributed by atoms with E-state index in [-0.39, 0.29) is 0 Å². The molecule has 0 aliphatic carbocycles. The lowest BCUT2D eigenvalue weighted by molar-refractivity contribution is 0.350. The van der Waals surface area contributed by atoms with E-state index in [4.69, 9.17) is 35.0 Å². The Bertz CT molecular complexity index is 926. The van der Waals surface area contributed by atoms with Gasteiger partial charge in [0.25, 0.3) is 0 Å². The molecule has 0 saturated carbocycles. The van der Waals surface area contributed by atoms with E-state index in [9.17, 15) is 0 Å². The van der Waals surface area contributed by atoms with Crippen molar-refractivity contribution in [2.45, 2.75) is 0 Å². The van der Waals surface area contributed by atoms with E-state index in [1.165, 1.54) is 21.5 Å². The van der Waals surface area contributed by atoms with E-state index in [0.717, 1.165) is 0 Å². The Labute approximate surface area is 138 Å². The third-order valence-electron chi connectivity index (χ3n) is 2.65. The molecule has 0 fully saturated rings. The molecule has 0 amide bonds. The number of fused-ring (bicyclic) bond motifs is 3. The van der Waals surface area contributed by atoms with Crippen molar-refractivity contribution in [1.29, 1.82) is 0 Å². The average Bonchev–Trinajstić information content (AvgIpc) is 2.44. The fourth-order valence-electron chi connectivity index (χ4n) is 1.95. The second-order valence-corrected chi connectivity index (χ2v) is 5.96. The molecule has 10 heteroatoms. The topological polar surface area (TPSA) is 161 Å². The van der Waals surface area contributed by atoms with Gasteiger partial charge >= 0.3 is 0 Å². The van der Waals surface area contributed by atoms with Gasteiger partial charge in [-0.15, -0.1) is 0 Å². The summed E-state index contributed by atoms with van der Waals surface area (Å²) < 4.78 is 68.2. The van der Waals surface area contributed by atoms with Gasteiger partial charge in [0.05, 0.1) is 0 Å². The van der Waals surface area contributed by atoms with Crippen molar-refractivity contribution in [3.05, 3.63) is 60.7 Å². The first-order chi connectivity index (χ1) is 10.9. The zero-order valence-electron chi connectivity index (χ0n) is 11.9. The van der Waals surface area contributed by atoms with Crippen LogP contribution in [0.25, 0.3) is 21.5 Å². The molecule has 3 aromatic rings. The molecule has 0 spiro atoms. The van der Waals surface area contributed by atoms with Crippen molar-refractivity contribution in [3.8, 4) is 0 Å². The highest BCUT2D eigenvalue weighted by atomic mass is 32.3. The maximum Gasteiger partial charge on any atom is 0.0311 e. The van der Waals surface area contributed by atoms with Crippen LogP contribution >= 0.6 is 0 Å². The fraction of sp³-hybridized carbons (Fsp3) is 0. The van der Waals surface area contributed by atoms with Crippen molar-refractivity contribution in [1.82, 2.24) is 0 Å². The van der Waals surface area contributed by atoms with Gasteiger partial charge in [-0.25, -0.2) is 0 Å². The highest BCUT2D eigenvalue weighted by molar-refractivity contribution is 7.79. The van der Waals surface area contributed by atoms with Crippen LogP contribution in [-0.2, 0) is 20.8 Å². The quantitative estimate of drug-likeness (QED) is 0.325. The molecule has 0 radical (unpaired) electrons. The molecule has 0 aromatic heterocycles. The average molecular weight is 370 g/mol. The molecule has 0 heterocycles. The lowest BCUT2D eigenvalue weighted by atomic mass is 10.0. The summed E-state index contributed by atoms with van der Waals surface area (Å²) in [5, 5.41) is 5.30. The minimum atomic E-state index is -5.17. The summed E-state index contributed by atoms with van der Waals surface area (Å²) in [5.41, 5.74) is 0. The van der Waals surface area contributed by atoms with Crippen molar-refractivity contribution >= 4 is 42.3 Å². The number of benzene rings is 3. The SMILES string of the molecule is O=S(=O)([O-])[O-].O=S(=O)([O-])[O-].c1ccc2c(c1)ccc1ccccc12. The monoisotopic (exact) mass is 370 g/mol. The van der Waals surface area contributed by atoms with Gasteiger partial charge in [0, 0.05) is 20.8 Å². The summed E-state index contributed by atoms with van der Waals surface area (Å²) in [5.74, 6) is 0. The zero-order chi connectivity index (χ0) is 18.4. The molecular weight excluding hydrogens is 360 g/mol. The van der Waals surface area contributed by atoms with Crippen LogP contribution in [0, 0.1) is 0 Å². The van der Waals surface area contributed by atoms with E-state index in [2.05, 4.69) is 60.7 Å². The molecule has 0 atom stereocenters. The lowest BCUT2D eigenvalue weighted by Crippen LogP contribution is -1.91. The summed E-state index contributed by atoms with van der Waals surface area (Å²) in [7, 11) is -10.3. The van der Waals surface area contributed by atoms with E-state index in [0.29, 0.717) is 0 Å². The number of hydrogen-bond donors (Lipinski definition) is 0. The van der Waals surface area contributed by atoms with Crippen LogP contribution in [0.1, 0.15) is 0 Å². The second-order valence-electron chi connectivity index (χ2n) is 4.32. The summed E-state index contributed by atoms with van der Waals surface area (Å²) in [6.45, 7) is 0. The van der Waals surface area contributed by atoms with Crippen LogP contribution in [0.15, 0.2) is 60.7 Å². The van der Waals surface area contributed by atoms with Gasteiger partial charge in [-0.1, -0.05) is 60.7 Å². The summed E-state index contributed by atoms with van der Waals surface area (Å²) >= 11 is 0. The number of rotatable bonds is 0. The van der Waals surface area contributed by atoms with Crippen LogP contribution in [0.4, 0.5) is 0 Å². The minimum absolute atomic E-state index is 1.31. The molecule has 0 aliphatic rings. The standard InChI is InChI=1S/C14H10.2H2O4S/c1-3-7-13-11(5-1)9-10-12-6-2-4-8-14(12)13;2*1-5(2,3)4/h1-10H;2*(H2,1,2,3,4)/p-4. The normalized spacial score (nSPS) is 11.2. The molecule has 3 aromatic carbocycles. The first-order valence-electron chi connectivity index (χ1n) is 6.15. The minimum Gasteiger partial charge on any atom is -0.759 e. The Morgan fingerprint density at radius 3 is 1.04 bits per heavy atom. The molecule has 0 unspecified atom stereocenters. The fourth-order valence-corrected chi connectivity index (χ4v) is 1.95. The second kappa shape index (κ2) is 8.15. The Morgan fingerprint density at radius 1 is 0.500 bits per heavy atom. The van der Waals surface area contributed by atoms with Gasteiger partial charge in [-0.2, -0.15) is 0 Å². The predicted octanol–water partition coefficient (Wildman–Crippen LogP) is 1.32. The number of hydrogen-bond acceptors (Lipinski definition) is 8. The van der Waals surface area contributed by atoms with Crippen LogP contribution in [0.2, 0.25) is 0 Å². The van der Waals surface area contributed by atoms with Crippen LogP contribution in [-0.4, -0.2) is 35.0 Å². The largest absolute Gasteiger partial charge is 0.759 e. The summed E-state index contributed by atoms with van der Waals surface area (Å²) in [6.07, 6.45) is 0. The summed E-state index contributed by atoms with van der Waals surface area (Å²) in [4.78, 5) is 0. The van der Waals surface area contributed by atoms with E-state index >= 15 is 0 Å². The molecular formula is C14H10O8S2-4. The van der Waals surface area contributed by atoms with E-state index in [1.54, 1.807) is 0 Å². The molecule has 0 aliphatic heterocycles. The van der Waals surface area contributed by atoms with Crippen LogP contribution < -0.4 is 0 Å². The first-order valence-corrected chi connectivity index (χ1v) is 8.82. The summed E-state index contributed by atoms with van der Waals surface area (Å²) in [6, 6.07) is 21.4. The third kappa shape index (κ3) is 8.53. The molecule has 8 nitrogen and oxygen atoms in total. The Morgan fingerprint density at radius 2 is 0.750 bits per heavy atom. The molecule has 3 rings (SSSR count). The van der Waals surface area contributed by atoms with Crippen molar-refractivity contribution in [2.75, 3.05) is 0 Å². The van der Waals surface area contributed by atoms with Gasteiger partial charge in [0.2, 0.25) is 0 Å². The zero-order valence-corrected chi connectivity index (χ0v) is 13.5. The van der Waals surface area contributed by atoms with Gasteiger partial charge in [0.1, 0.15) is 0 Å². The molecule has 0 bridgehead atoms. The van der Waals surface area contributed by atoms with Crippen LogP contribution in [0.5, 0.6) is 0 Å². The third-order valence-corrected chi connectivity index (χ3v) is 2.65. The van der Waals surface area contributed by atoms with E-state index < -0.39 is 20.8 Å². The maximum absolute atomic E-state index is 8.52. The molecule has 24 heavy (non-hydrogen) atoms. The molecule has 0 N–H and O–H groups in total. The van der Waals surface area contributed by atoms with Crippen LogP contribution in [0.3, 0.4) is 0 Å². The highest BCUT2D eigenvalue weighted by Crippen LogP contribution is 2.24. The molecule has 0 saturated heterocycles. The highest BCUT2D eigenvalue weighted by Gasteiger charge is 1.97.